The van der Waals surface area contributed by atoms with Gasteiger partial charge in [-0.15, -0.1) is 0 Å². The molecule has 3 heteroatoms. The molecule has 25 heavy (non-hydrogen) atoms. The fraction of sp³-hybridized carbons (Fsp3) is 0.364. The van der Waals surface area contributed by atoms with E-state index >= 15 is 0 Å². The molecule has 0 aliphatic carbocycles. The number of hydrogen-bond acceptors (Lipinski definition) is 2. The monoisotopic (exact) mass is 352 g/mol. The van der Waals surface area contributed by atoms with Crippen LogP contribution in [0.3, 0.4) is 0 Å². The summed E-state index contributed by atoms with van der Waals surface area (Å²) in [6.07, 6.45) is 4.52. The van der Waals surface area contributed by atoms with Gasteiger partial charge in [0.1, 0.15) is 0 Å². The second-order valence-electron chi connectivity index (χ2n) is 7.19. The van der Waals surface area contributed by atoms with Crippen LogP contribution in [0.1, 0.15) is 24.0 Å². The zero-order chi connectivity index (χ0) is 17.4. The Morgan fingerprint density at radius 3 is 2.68 bits per heavy atom. The van der Waals surface area contributed by atoms with Gasteiger partial charge >= 0.3 is 0 Å². The zero-order valence-corrected chi connectivity index (χ0v) is 15.6. The normalized spacial score (nSPS) is 27.7. The highest BCUT2D eigenvalue weighted by molar-refractivity contribution is 6.31. The molecule has 2 heterocycles. The van der Waals surface area contributed by atoms with Crippen LogP contribution in [0.15, 0.2) is 54.6 Å². The summed E-state index contributed by atoms with van der Waals surface area (Å²) in [6.45, 7) is 7.56. The van der Waals surface area contributed by atoms with Crippen molar-refractivity contribution < 1.29 is 0 Å². The van der Waals surface area contributed by atoms with E-state index in [1.165, 1.54) is 16.7 Å². The Hall–Kier alpha value is -1.61. The highest BCUT2D eigenvalue weighted by Crippen LogP contribution is 2.41. The molecule has 0 spiro atoms. The third kappa shape index (κ3) is 3.03. The molecule has 2 aliphatic heterocycles. The Morgan fingerprint density at radius 1 is 1.08 bits per heavy atom. The number of fused-ring (bicyclic) bond motifs is 1. The summed E-state index contributed by atoms with van der Waals surface area (Å²) in [5, 5.41) is 4.38. The fourth-order valence-corrected chi connectivity index (χ4v) is 4.55. The summed E-state index contributed by atoms with van der Waals surface area (Å²) in [7, 11) is 0. The summed E-state index contributed by atoms with van der Waals surface area (Å²) in [5.41, 5.74) is 5.06. The maximum absolute atomic E-state index is 6.28. The molecule has 2 aliphatic rings. The first kappa shape index (κ1) is 16.8. The van der Waals surface area contributed by atoms with Crippen LogP contribution in [0.4, 0.5) is 0 Å². The molecule has 3 atom stereocenters. The van der Waals surface area contributed by atoms with Gasteiger partial charge in [0, 0.05) is 42.7 Å². The maximum atomic E-state index is 6.28. The van der Waals surface area contributed by atoms with Crippen molar-refractivity contribution in [1.82, 2.24) is 10.2 Å². The number of nitrogens with zero attached hydrogens (tertiary/aromatic N) is 1. The molecule has 0 amide bonds. The molecule has 0 aromatic heterocycles. The smallest absolute Gasteiger partial charge is 0.0441 e. The Kier molecular flexibility index (Phi) is 4.68. The van der Waals surface area contributed by atoms with E-state index in [4.69, 9.17) is 11.6 Å². The largest absolute Gasteiger partial charge is 0.312 e. The van der Waals surface area contributed by atoms with E-state index in [0.717, 1.165) is 30.2 Å². The van der Waals surface area contributed by atoms with Gasteiger partial charge in [0.15, 0.2) is 0 Å². The van der Waals surface area contributed by atoms with E-state index < -0.39 is 0 Å². The van der Waals surface area contributed by atoms with E-state index in [1.807, 2.05) is 12.1 Å². The highest BCUT2D eigenvalue weighted by atomic mass is 35.5. The molecule has 4 rings (SSSR count). The average Bonchev–Trinajstić information content (AvgIpc) is 2.60. The molecule has 0 radical (unpaired) electrons. The molecule has 130 valence electrons. The van der Waals surface area contributed by atoms with Gasteiger partial charge in [-0.1, -0.05) is 60.2 Å². The van der Waals surface area contributed by atoms with E-state index in [9.17, 15) is 0 Å². The van der Waals surface area contributed by atoms with Crippen molar-refractivity contribution in [2.45, 2.75) is 31.8 Å². The van der Waals surface area contributed by atoms with Gasteiger partial charge < -0.3 is 5.32 Å². The van der Waals surface area contributed by atoms with Crippen molar-refractivity contribution in [3.63, 3.8) is 0 Å². The van der Waals surface area contributed by atoms with Crippen molar-refractivity contribution in [1.29, 1.82) is 0 Å². The van der Waals surface area contributed by atoms with Crippen molar-refractivity contribution in [3.05, 3.63) is 70.8 Å². The van der Waals surface area contributed by atoms with Crippen LogP contribution in [0.5, 0.6) is 0 Å². The first-order valence-electron chi connectivity index (χ1n) is 9.13. The Labute approximate surface area is 155 Å². The van der Waals surface area contributed by atoms with Gasteiger partial charge in [0.05, 0.1) is 0 Å². The third-order valence-corrected chi connectivity index (χ3v) is 6.27. The van der Waals surface area contributed by atoms with E-state index in [0.29, 0.717) is 18.0 Å². The molecule has 1 unspecified atom stereocenters. The van der Waals surface area contributed by atoms with Gasteiger partial charge in [0.25, 0.3) is 0 Å². The molecule has 2 aromatic rings. The standard InChI is InChI=1S/C22H25ClN2/c1-15-19(6-5-7-20(15)23)17-8-10-18(11-9-17)22-16(2)25-13-4-3-12-24-14-21(22)25/h3-11,16,21-22,24H,12-14H2,1-2H3/b4-3-/t16-,21+,22?/m1/s1. The highest BCUT2D eigenvalue weighted by Gasteiger charge is 2.45. The Bertz CT molecular complexity index is 781. The lowest BCUT2D eigenvalue weighted by Gasteiger charge is -2.54. The Balaban J connectivity index is 1.58. The predicted octanol–water partition coefficient (Wildman–Crippen LogP) is 4.63. The van der Waals surface area contributed by atoms with Crippen LogP contribution in [0, 0.1) is 6.92 Å². The summed E-state index contributed by atoms with van der Waals surface area (Å²) in [6, 6.07) is 16.4. The summed E-state index contributed by atoms with van der Waals surface area (Å²) < 4.78 is 0. The van der Waals surface area contributed by atoms with Crippen molar-refractivity contribution in [3.8, 4) is 11.1 Å². The fourth-order valence-electron chi connectivity index (χ4n) is 4.38. The summed E-state index contributed by atoms with van der Waals surface area (Å²) in [4.78, 5) is 2.60. The van der Waals surface area contributed by atoms with E-state index in [2.05, 4.69) is 66.5 Å². The number of halogens is 1. The molecule has 2 nitrogen and oxygen atoms in total. The van der Waals surface area contributed by atoms with E-state index in [1.54, 1.807) is 0 Å². The second-order valence-corrected chi connectivity index (χ2v) is 7.60. The van der Waals surface area contributed by atoms with Gasteiger partial charge in [-0.25, -0.2) is 0 Å². The quantitative estimate of drug-likeness (QED) is 0.792. The number of benzene rings is 2. The Morgan fingerprint density at radius 2 is 1.88 bits per heavy atom. The molecule has 1 fully saturated rings. The molecule has 0 bridgehead atoms. The van der Waals surface area contributed by atoms with Crippen molar-refractivity contribution >= 4 is 11.6 Å². The lowest BCUT2D eigenvalue weighted by Crippen LogP contribution is -2.64. The number of rotatable bonds is 2. The maximum Gasteiger partial charge on any atom is 0.0441 e. The molecule has 2 aromatic carbocycles. The van der Waals surface area contributed by atoms with Crippen LogP contribution in [0.25, 0.3) is 11.1 Å². The molecular formula is C22H25ClN2. The lowest BCUT2D eigenvalue weighted by molar-refractivity contribution is 0.00693. The van der Waals surface area contributed by atoms with Crippen molar-refractivity contribution in [2.24, 2.45) is 0 Å². The molecule has 1 N–H and O–H groups in total. The van der Waals surface area contributed by atoms with Crippen LogP contribution in [-0.4, -0.2) is 36.6 Å². The van der Waals surface area contributed by atoms with Crippen LogP contribution < -0.4 is 5.32 Å². The van der Waals surface area contributed by atoms with E-state index in [-0.39, 0.29) is 0 Å². The SMILES string of the molecule is Cc1c(Cl)cccc1-c1ccc(C2[C@@H](C)N3C/C=C\CNC[C@@H]23)cc1. The zero-order valence-electron chi connectivity index (χ0n) is 14.9. The molecular weight excluding hydrogens is 328 g/mol. The molecule has 0 saturated carbocycles. The van der Waals surface area contributed by atoms with Gasteiger partial charge in [0.2, 0.25) is 0 Å². The number of nitrogens with one attached hydrogen (secondary N) is 1. The average molecular weight is 353 g/mol. The summed E-state index contributed by atoms with van der Waals surface area (Å²) >= 11 is 6.28. The minimum absolute atomic E-state index is 0.591. The minimum atomic E-state index is 0.591. The van der Waals surface area contributed by atoms with Crippen LogP contribution in [0.2, 0.25) is 5.02 Å². The predicted molar refractivity (Wildman–Crippen MR) is 106 cm³/mol. The molecule has 1 saturated heterocycles. The lowest BCUT2D eigenvalue weighted by atomic mass is 9.75. The van der Waals surface area contributed by atoms with Crippen LogP contribution >= 0.6 is 11.6 Å². The first-order chi connectivity index (χ1) is 12.2. The minimum Gasteiger partial charge on any atom is -0.312 e. The summed E-state index contributed by atoms with van der Waals surface area (Å²) in [5.74, 6) is 0.605. The topological polar surface area (TPSA) is 15.3 Å². The second kappa shape index (κ2) is 6.95. The van der Waals surface area contributed by atoms with Gasteiger partial charge in [-0.05, 0) is 42.2 Å². The van der Waals surface area contributed by atoms with Gasteiger partial charge in [-0.2, -0.15) is 0 Å². The van der Waals surface area contributed by atoms with Crippen LogP contribution in [-0.2, 0) is 0 Å². The third-order valence-electron chi connectivity index (χ3n) is 5.86. The number of hydrogen-bond donors (Lipinski definition) is 1. The first-order valence-corrected chi connectivity index (χ1v) is 9.51. The van der Waals surface area contributed by atoms with Crippen molar-refractivity contribution in [2.75, 3.05) is 19.6 Å². The van der Waals surface area contributed by atoms with Gasteiger partial charge in [-0.3, -0.25) is 4.90 Å².